The third-order valence-electron chi connectivity index (χ3n) is 4.22. The van der Waals surface area contributed by atoms with E-state index in [0.717, 1.165) is 5.69 Å². The van der Waals surface area contributed by atoms with Crippen molar-refractivity contribution in [3.8, 4) is 5.88 Å². The zero-order valence-electron chi connectivity index (χ0n) is 13.5. The van der Waals surface area contributed by atoms with E-state index in [-0.39, 0.29) is 0 Å². The summed E-state index contributed by atoms with van der Waals surface area (Å²) < 4.78 is 10.4. The zero-order chi connectivity index (χ0) is 15.1. The van der Waals surface area contributed by atoms with Crippen LogP contribution in [0.5, 0.6) is 5.88 Å². The lowest BCUT2D eigenvalue weighted by molar-refractivity contribution is 0.144. The summed E-state index contributed by atoms with van der Waals surface area (Å²) in [7, 11) is 1.66. The number of aromatic nitrogens is 1. The fourth-order valence-electron chi connectivity index (χ4n) is 2.82. The molecule has 1 fully saturated rings. The van der Waals surface area contributed by atoms with E-state index in [0.29, 0.717) is 30.6 Å². The average molecular weight is 292 g/mol. The van der Waals surface area contributed by atoms with Crippen LogP contribution >= 0.6 is 0 Å². The number of hydrogen-bond donors (Lipinski definition) is 1. The smallest absolute Gasteiger partial charge is 0.213 e. The maximum atomic E-state index is 5.47. The molecule has 1 aromatic heterocycles. The van der Waals surface area contributed by atoms with Gasteiger partial charge in [-0.15, -0.1) is 0 Å². The van der Waals surface area contributed by atoms with E-state index in [1.807, 2.05) is 18.3 Å². The molecule has 1 N–H and O–H groups in total. The number of ether oxygens (including phenoxy) is 2. The van der Waals surface area contributed by atoms with E-state index in [1.165, 1.54) is 32.1 Å². The van der Waals surface area contributed by atoms with Gasteiger partial charge in [-0.05, 0) is 37.2 Å². The monoisotopic (exact) mass is 292 g/mol. The van der Waals surface area contributed by atoms with Crippen molar-refractivity contribution in [1.29, 1.82) is 0 Å². The summed E-state index contributed by atoms with van der Waals surface area (Å²) in [5.41, 5.74) is 1.58. The van der Waals surface area contributed by atoms with Gasteiger partial charge in [0.25, 0.3) is 0 Å². The molecular formula is C17H28N2O2. The molecule has 0 spiro atoms. The topological polar surface area (TPSA) is 43.4 Å². The molecule has 2 rings (SSSR count). The summed E-state index contributed by atoms with van der Waals surface area (Å²) in [5, 5.41) is 3.61. The Morgan fingerprint density at radius 2 is 2.10 bits per heavy atom. The fourth-order valence-corrected chi connectivity index (χ4v) is 2.82. The Morgan fingerprint density at radius 3 is 2.81 bits per heavy atom. The van der Waals surface area contributed by atoms with Crippen LogP contribution < -0.4 is 10.1 Å². The molecule has 118 valence electrons. The molecule has 0 amide bonds. The Kier molecular flexibility index (Phi) is 5.85. The summed E-state index contributed by atoms with van der Waals surface area (Å²) in [6.45, 7) is 5.87. The molecule has 1 saturated carbocycles. The van der Waals surface area contributed by atoms with E-state index >= 15 is 0 Å². The maximum Gasteiger partial charge on any atom is 0.213 e. The van der Waals surface area contributed by atoms with Gasteiger partial charge in [0.05, 0.1) is 18.5 Å². The van der Waals surface area contributed by atoms with E-state index < -0.39 is 0 Å². The molecule has 1 aromatic rings. The normalized spacial score (nSPS) is 21.6. The van der Waals surface area contributed by atoms with Gasteiger partial charge in [0.2, 0.25) is 5.88 Å². The molecular weight excluding hydrogens is 264 g/mol. The number of nitrogens with zero attached hydrogens (tertiary/aromatic N) is 1. The summed E-state index contributed by atoms with van der Waals surface area (Å²) in [6, 6.07) is 4.53. The van der Waals surface area contributed by atoms with E-state index in [2.05, 4.69) is 24.1 Å². The van der Waals surface area contributed by atoms with Crippen LogP contribution in [0.25, 0.3) is 0 Å². The second-order valence-electron chi connectivity index (χ2n) is 6.66. The van der Waals surface area contributed by atoms with Crippen LogP contribution in [0.2, 0.25) is 0 Å². The Bertz CT molecular complexity index is 417. The molecule has 1 unspecified atom stereocenters. The van der Waals surface area contributed by atoms with Crippen molar-refractivity contribution in [2.75, 3.05) is 25.6 Å². The van der Waals surface area contributed by atoms with Crippen molar-refractivity contribution >= 4 is 5.69 Å². The predicted molar refractivity (Wildman–Crippen MR) is 85.9 cm³/mol. The molecule has 21 heavy (non-hydrogen) atoms. The summed E-state index contributed by atoms with van der Waals surface area (Å²) in [6.07, 6.45) is 8.26. The highest BCUT2D eigenvalue weighted by Crippen LogP contribution is 2.34. The van der Waals surface area contributed by atoms with E-state index in [9.17, 15) is 0 Å². The molecule has 1 aliphatic carbocycles. The van der Waals surface area contributed by atoms with Crippen LogP contribution in [0.3, 0.4) is 0 Å². The summed E-state index contributed by atoms with van der Waals surface area (Å²) in [5.74, 6) is 0.652. The first-order chi connectivity index (χ1) is 10.1. The lowest BCUT2D eigenvalue weighted by Gasteiger charge is -2.22. The second kappa shape index (κ2) is 7.64. The highest BCUT2D eigenvalue weighted by Gasteiger charge is 2.24. The van der Waals surface area contributed by atoms with Crippen molar-refractivity contribution in [3.63, 3.8) is 0 Å². The van der Waals surface area contributed by atoms with Crippen molar-refractivity contribution in [2.24, 2.45) is 5.41 Å². The molecule has 0 radical (unpaired) electrons. The molecule has 1 aliphatic rings. The van der Waals surface area contributed by atoms with Crippen molar-refractivity contribution in [2.45, 2.75) is 52.0 Å². The number of methoxy groups -OCH3 is 1. The lowest BCUT2D eigenvalue weighted by atomic mass is 9.85. The second-order valence-corrected chi connectivity index (χ2v) is 6.66. The van der Waals surface area contributed by atoms with Gasteiger partial charge in [-0.25, -0.2) is 4.98 Å². The maximum absolute atomic E-state index is 5.47. The average Bonchev–Trinajstić information content (AvgIpc) is 2.62. The van der Waals surface area contributed by atoms with Crippen LogP contribution in [0.15, 0.2) is 18.3 Å². The first-order valence-electron chi connectivity index (χ1n) is 7.93. The van der Waals surface area contributed by atoms with Crippen LogP contribution in [-0.2, 0) is 4.74 Å². The minimum absolute atomic E-state index is 0.494. The predicted octanol–water partition coefficient (Wildman–Crippen LogP) is 3.88. The number of nitrogens with one attached hydrogen (secondary N) is 1. The quantitative estimate of drug-likeness (QED) is 0.638. The Labute approximate surface area is 128 Å². The fraction of sp³-hybridized carbons (Fsp3) is 0.706. The van der Waals surface area contributed by atoms with Crippen molar-refractivity contribution in [1.82, 2.24) is 4.98 Å². The minimum atomic E-state index is 0.494. The van der Waals surface area contributed by atoms with E-state index in [1.54, 1.807) is 7.11 Å². The Balaban J connectivity index is 1.82. The van der Waals surface area contributed by atoms with Crippen LogP contribution in [0.4, 0.5) is 5.69 Å². The van der Waals surface area contributed by atoms with Crippen molar-refractivity contribution < 1.29 is 9.47 Å². The summed E-state index contributed by atoms with van der Waals surface area (Å²) >= 11 is 0. The van der Waals surface area contributed by atoms with Crippen molar-refractivity contribution in [3.05, 3.63) is 18.3 Å². The zero-order valence-corrected chi connectivity index (χ0v) is 13.5. The van der Waals surface area contributed by atoms with Gasteiger partial charge in [0.1, 0.15) is 6.61 Å². The molecule has 1 heterocycles. The SMILES string of the molecule is COCCOc1ccc(NC2CCCC(C)(C)CC2)cn1. The minimum Gasteiger partial charge on any atom is -0.475 e. The van der Waals surface area contributed by atoms with Crippen LogP contribution in [-0.4, -0.2) is 31.3 Å². The standard InChI is InChI=1S/C17H28N2O2/c1-17(2)9-4-5-14(8-10-17)19-15-6-7-16(18-13-15)21-12-11-20-3/h6-7,13-14,19H,4-5,8-12H2,1-3H3. The van der Waals surface area contributed by atoms with E-state index in [4.69, 9.17) is 9.47 Å². The number of pyridine rings is 1. The summed E-state index contributed by atoms with van der Waals surface area (Å²) in [4.78, 5) is 4.33. The van der Waals surface area contributed by atoms with Gasteiger partial charge in [-0.2, -0.15) is 0 Å². The molecule has 0 aliphatic heterocycles. The first-order valence-corrected chi connectivity index (χ1v) is 7.93. The molecule has 1 atom stereocenters. The lowest BCUT2D eigenvalue weighted by Crippen LogP contribution is -2.19. The largest absolute Gasteiger partial charge is 0.475 e. The number of anilines is 1. The third kappa shape index (κ3) is 5.54. The molecule has 0 saturated heterocycles. The molecule has 0 aromatic carbocycles. The van der Waals surface area contributed by atoms with Gasteiger partial charge in [-0.1, -0.05) is 20.3 Å². The molecule has 0 bridgehead atoms. The van der Waals surface area contributed by atoms with Gasteiger partial charge in [0, 0.05) is 19.2 Å². The van der Waals surface area contributed by atoms with Crippen LogP contribution in [0, 0.1) is 5.41 Å². The van der Waals surface area contributed by atoms with Gasteiger partial charge < -0.3 is 14.8 Å². The van der Waals surface area contributed by atoms with Gasteiger partial charge >= 0.3 is 0 Å². The molecule has 4 nitrogen and oxygen atoms in total. The Hall–Kier alpha value is -1.29. The number of rotatable bonds is 6. The third-order valence-corrected chi connectivity index (χ3v) is 4.22. The highest BCUT2D eigenvalue weighted by molar-refractivity contribution is 5.43. The highest BCUT2D eigenvalue weighted by atomic mass is 16.5. The van der Waals surface area contributed by atoms with Gasteiger partial charge in [-0.3, -0.25) is 0 Å². The number of hydrogen-bond acceptors (Lipinski definition) is 4. The Morgan fingerprint density at radius 1 is 1.24 bits per heavy atom. The first kappa shape index (κ1) is 16.1. The molecule has 4 heteroatoms. The van der Waals surface area contributed by atoms with Crippen LogP contribution in [0.1, 0.15) is 46.0 Å². The van der Waals surface area contributed by atoms with Gasteiger partial charge in [0.15, 0.2) is 0 Å².